The minimum atomic E-state index is -0.397. The first-order valence-corrected chi connectivity index (χ1v) is 12.0. The molecule has 3 atom stereocenters. The zero-order valence-electron chi connectivity index (χ0n) is 19.3. The number of aliphatic hydroxyl groups excluding tert-OH is 1. The normalized spacial score (nSPS) is 20.6. The van der Waals surface area contributed by atoms with Crippen molar-refractivity contribution < 1.29 is 9.84 Å². The van der Waals surface area contributed by atoms with Crippen molar-refractivity contribution in [2.75, 3.05) is 26.7 Å². The summed E-state index contributed by atoms with van der Waals surface area (Å²) in [6.07, 6.45) is 12.7. The lowest BCUT2D eigenvalue weighted by Crippen LogP contribution is -2.41. The zero-order valence-corrected chi connectivity index (χ0v) is 19.3. The van der Waals surface area contributed by atoms with Crippen LogP contribution in [0.15, 0.2) is 37.1 Å². The Balaban J connectivity index is 1.54. The van der Waals surface area contributed by atoms with E-state index >= 15 is 0 Å². The predicted molar refractivity (Wildman–Crippen MR) is 127 cm³/mol. The molecule has 0 amide bonds. The van der Waals surface area contributed by atoms with Crippen LogP contribution in [-0.2, 0) is 6.42 Å². The molecule has 1 aliphatic heterocycles. The number of aromatic nitrogens is 2. The van der Waals surface area contributed by atoms with Gasteiger partial charge in [0, 0.05) is 25.2 Å². The van der Waals surface area contributed by atoms with Crippen LogP contribution in [-0.4, -0.2) is 52.8 Å². The average Bonchev–Trinajstić information content (AvgIpc) is 2.79. The van der Waals surface area contributed by atoms with Gasteiger partial charge >= 0.3 is 0 Å². The molecule has 1 aliphatic rings. The number of piperidine rings is 1. The largest absolute Gasteiger partial charge is 0.481 e. The Morgan fingerprint density at radius 2 is 2.10 bits per heavy atom. The van der Waals surface area contributed by atoms with E-state index < -0.39 is 6.10 Å². The maximum atomic E-state index is 10.9. The predicted octanol–water partition coefficient (Wildman–Crippen LogP) is 5.03. The monoisotopic (exact) mass is 425 g/mol. The summed E-state index contributed by atoms with van der Waals surface area (Å²) in [5, 5.41) is 10.9. The van der Waals surface area contributed by atoms with Crippen LogP contribution in [0.25, 0.3) is 11.0 Å². The van der Waals surface area contributed by atoms with Crippen molar-refractivity contribution in [2.24, 2.45) is 11.8 Å². The number of hydrogen-bond donors (Lipinski definition) is 1. The highest BCUT2D eigenvalue weighted by Gasteiger charge is 2.29. The third kappa shape index (κ3) is 6.75. The summed E-state index contributed by atoms with van der Waals surface area (Å²) in [5.74, 6) is 1.51. The molecule has 0 saturated carbocycles. The molecule has 3 rings (SSSR count). The lowest BCUT2D eigenvalue weighted by Gasteiger charge is -2.38. The molecule has 1 N–H and O–H groups in total. The van der Waals surface area contributed by atoms with E-state index in [4.69, 9.17) is 4.74 Å². The van der Waals surface area contributed by atoms with E-state index in [0.717, 1.165) is 42.5 Å². The van der Waals surface area contributed by atoms with Crippen molar-refractivity contribution in [2.45, 2.75) is 64.4 Å². The molecular weight excluding hydrogens is 386 g/mol. The van der Waals surface area contributed by atoms with Crippen molar-refractivity contribution in [3.05, 3.63) is 42.6 Å². The molecule has 1 saturated heterocycles. The first-order chi connectivity index (χ1) is 15.1. The van der Waals surface area contributed by atoms with Gasteiger partial charge in [-0.1, -0.05) is 38.7 Å². The van der Waals surface area contributed by atoms with E-state index in [1.807, 2.05) is 18.2 Å². The fourth-order valence-electron chi connectivity index (χ4n) is 4.83. The summed E-state index contributed by atoms with van der Waals surface area (Å²) in [7, 11) is 1.62. The van der Waals surface area contributed by atoms with E-state index in [0.29, 0.717) is 24.1 Å². The molecule has 3 heterocycles. The maximum absolute atomic E-state index is 10.9. The lowest BCUT2D eigenvalue weighted by molar-refractivity contribution is 0.0839. The van der Waals surface area contributed by atoms with E-state index in [-0.39, 0.29) is 0 Å². The van der Waals surface area contributed by atoms with Gasteiger partial charge in [0.2, 0.25) is 5.88 Å². The number of hydrogen-bond acceptors (Lipinski definition) is 5. The molecular formula is C26H39N3O2. The first kappa shape index (κ1) is 23.7. The molecule has 1 fully saturated rings. The number of pyridine rings is 2. The van der Waals surface area contributed by atoms with Gasteiger partial charge in [0.15, 0.2) is 0 Å². The summed E-state index contributed by atoms with van der Waals surface area (Å²) < 4.78 is 5.27. The molecule has 170 valence electrons. The first-order valence-electron chi connectivity index (χ1n) is 12.0. The maximum Gasteiger partial charge on any atom is 0.213 e. The number of fused-ring (bicyclic) bond motifs is 1. The standard InChI is InChI=1S/C26H39N3O2/c1-4-6-7-8-9-15-29-16-13-21(20(5-2)19-29)17-23(30)18-22-12-14-27-24-10-11-25(31-3)28-26(22)24/h5,10-12,14,20-21,23,30H,2,4,6-9,13,15-19H2,1,3H3/t20?,21?,23-/m0/s1. The highest BCUT2D eigenvalue weighted by atomic mass is 16.5. The molecule has 5 nitrogen and oxygen atoms in total. The number of likely N-dealkylation sites (tertiary alicyclic amines) is 1. The zero-order chi connectivity index (χ0) is 22.1. The van der Waals surface area contributed by atoms with Crippen molar-refractivity contribution in [1.29, 1.82) is 0 Å². The Morgan fingerprint density at radius 3 is 2.87 bits per heavy atom. The second kappa shape index (κ2) is 12.2. The molecule has 0 radical (unpaired) electrons. The number of rotatable bonds is 12. The van der Waals surface area contributed by atoms with Crippen molar-refractivity contribution in [3.8, 4) is 5.88 Å². The van der Waals surface area contributed by atoms with Gasteiger partial charge in [-0.05, 0) is 61.9 Å². The quantitative estimate of drug-likeness (QED) is 0.382. The van der Waals surface area contributed by atoms with Gasteiger partial charge < -0.3 is 14.7 Å². The Morgan fingerprint density at radius 1 is 1.26 bits per heavy atom. The molecule has 0 aliphatic carbocycles. The molecule has 2 aromatic rings. The summed E-state index contributed by atoms with van der Waals surface area (Å²) in [5.41, 5.74) is 2.68. The summed E-state index contributed by atoms with van der Waals surface area (Å²) in [4.78, 5) is 11.6. The highest BCUT2D eigenvalue weighted by Crippen LogP contribution is 2.30. The van der Waals surface area contributed by atoms with Crippen LogP contribution in [0.5, 0.6) is 5.88 Å². The second-order valence-corrected chi connectivity index (χ2v) is 8.95. The fraction of sp³-hybridized carbons (Fsp3) is 0.615. The van der Waals surface area contributed by atoms with Crippen LogP contribution in [0.2, 0.25) is 0 Å². The number of unbranched alkanes of at least 4 members (excludes halogenated alkanes) is 4. The minimum absolute atomic E-state index is 0.397. The van der Waals surface area contributed by atoms with Crippen LogP contribution >= 0.6 is 0 Å². The molecule has 2 unspecified atom stereocenters. The minimum Gasteiger partial charge on any atom is -0.481 e. The van der Waals surface area contributed by atoms with Crippen LogP contribution in [0, 0.1) is 11.8 Å². The van der Waals surface area contributed by atoms with Crippen LogP contribution in [0.3, 0.4) is 0 Å². The second-order valence-electron chi connectivity index (χ2n) is 8.95. The van der Waals surface area contributed by atoms with Gasteiger partial charge in [0.05, 0.1) is 24.2 Å². The van der Waals surface area contributed by atoms with Crippen molar-refractivity contribution in [3.63, 3.8) is 0 Å². The van der Waals surface area contributed by atoms with Gasteiger partial charge in [0.25, 0.3) is 0 Å². The van der Waals surface area contributed by atoms with Gasteiger partial charge in [-0.2, -0.15) is 0 Å². The van der Waals surface area contributed by atoms with Crippen LogP contribution in [0.1, 0.15) is 57.4 Å². The number of methoxy groups -OCH3 is 1. The van der Waals surface area contributed by atoms with Crippen molar-refractivity contribution in [1.82, 2.24) is 14.9 Å². The Kier molecular flexibility index (Phi) is 9.29. The van der Waals surface area contributed by atoms with Gasteiger partial charge in [-0.15, -0.1) is 6.58 Å². The highest BCUT2D eigenvalue weighted by molar-refractivity contribution is 5.78. The average molecular weight is 426 g/mol. The number of ether oxygens (including phenoxy) is 1. The van der Waals surface area contributed by atoms with E-state index in [9.17, 15) is 5.11 Å². The molecule has 0 bridgehead atoms. The SMILES string of the molecule is C=CC1CN(CCCCCCC)CCC1C[C@H](O)Cc1ccnc2ccc(OC)nc12. The third-order valence-corrected chi connectivity index (χ3v) is 6.65. The number of nitrogens with zero attached hydrogens (tertiary/aromatic N) is 3. The summed E-state index contributed by atoms with van der Waals surface area (Å²) in [6, 6.07) is 5.70. The Hall–Kier alpha value is -1.98. The van der Waals surface area contributed by atoms with E-state index in [2.05, 4.69) is 34.4 Å². The number of aliphatic hydroxyl groups is 1. The third-order valence-electron chi connectivity index (χ3n) is 6.65. The molecule has 0 spiro atoms. The molecule has 5 heteroatoms. The molecule has 31 heavy (non-hydrogen) atoms. The van der Waals surface area contributed by atoms with Gasteiger partial charge in [-0.25, -0.2) is 4.98 Å². The fourth-order valence-corrected chi connectivity index (χ4v) is 4.83. The summed E-state index contributed by atoms with van der Waals surface area (Å²) >= 11 is 0. The lowest BCUT2D eigenvalue weighted by atomic mass is 9.81. The molecule has 2 aromatic heterocycles. The van der Waals surface area contributed by atoms with Crippen LogP contribution in [0.4, 0.5) is 0 Å². The molecule has 0 aromatic carbocycles. The summed E-state index contributed by atoms with van der Waals surface area (Å²) in [6.45, 7) is 9.76. The Bertz CT molecular complexity index is 825. The Labute approximate surface area is 187 Å². The topological polar surface area (TPSA) is 58.5 Å². The van der Waals surface area contributed by atoms with Gasteiger partial charge in [-0.3, -0.25) is 4.98 Å². The van der Waals surface area contributed by atoms with Crippen LogP contribution < -0.4 is 4.74 Å². The van der Waals surface area contributed by atoms with Gasteiger partial charge in [0.1, 0.15) is 0 Å². The smallest absolute Gasteiger partial charge is 0.213 e. The van der Waals surface area contributed by atoms with Crippen molar-refractivity contribution >= 4 is 11.0 Å². The van der Waals surface area contributed by atoms with E-state index in [1.54, 1.807) is 13.3 Å². The van der Waals surface area contributed by atoms with E-state index in [1.165, 1.54) is 38.6 Å².